The fourth-order valence-corrected chi connectivity index (χ4v) is 1.10. The lowest BCUT2D eigenvalue weighted by Gasteiger charge is -1.96. The molecule has 0 aliphatic heterocycles. The number of hydrogen-bond acceptors (Lipinski definition) is 3. The Morgan fingerprint density at radius 3 is 2.23 bits per heavy atom. The van der Waals surface area contributed by atoms with Crippen LogP contribution in [0.4, 0.5) is 8.78 Å². The summed E-state index contributed by atoms with van der Waals surface area (Å²) in [6, 6.07) is 3.55. The zero-order valence-corrected chi connectivity index (χ0v) is 7.68. The van der Waals surface area contributed by atoms with Gasteiger partial charge >= 0.3 is 7.69 Å². The van der Waals surface area contributed by atoms with Gasteiger partial charge in [-0.3, -0.25) is 0 Å². The molecule has 0 aromatic heterocycles. The maximum absolute atomic E-state index is 12.6. The standard InChI is InChI=1S/C7H6F2S.BH2O2/c1-10-7-3-2-5(8)4-6(7)9;2-1-3/h2-4H,1H3;2-3H. The van der Waals surface area contributed by atoms with Crippen LogP contribution in [0.5, 0.6) is 0 Å². The van der Waals surface area contributed by atoms with Gasteiger partial charge in [0.25, 0.3) is 0 Å². The molecule has 0 unspecified atom stereocenters. The van der Waals surface area contributed by atoms with Gasteiger partial charge in [-0.15, -0.1) is 11.8 Å². The minimum absolute atomic E-state index is 0. The molecule has 71 valence electrons. The second-order valence-electron chi connectivity index (χ2n) is 1.89. The van der Waals surface area contributed by atoms with Gasteiger partial charge in [0.15, 0.2) is 0 Å². The van der Waals surface area contributed by atoms with Crippen LogP contribution in [0.15, 0.2) is 23.1 Å². The molecule has 1 radical (unpaired) electrons. The minimum atomic E-state index is -0.532. The third kappa shape index (κ3) is 4.87. The van der Waals surface area contributed by atoms with Crippen molar-refractivity contribution in [2.45, 2.75) is 4.90 Å². The highest BCUT2D eigenvalue weighted by Crippen LogP contribution is 2.18. The Labute approximate surface area is 79.9 Å². The van der Waals surface area contributed by atoms with E-state index in [2.05, 4.69) is 0 Å². The van der Waals surface area contributed by atoms with Crippen molar-refractivity contribution in [3.05, 3.63) is 29.8 Å². The van der Waals surface area contributed by atoms with Crippen molar-refractivity contribution in [1.29, 1.82) is 0 Å². The number of rotatable bonds is 1. The van der Waals surface area contributed by atoms with Gasteiger partial charge in [-0.25, -0.2) is 8.78 Å². The molecule has 13 heavy (non-hydrogen) atoms. The Balaban J connectivity index is 0.000000424. The van der Waals surface area contributed by atoms with E-state index < -0.39 is 11.6 Å². The molecule has 1 aromatic carbocycles. The van der Waals surface area contributed by atoms with E-state index >= 15 is 0 Å². The summed E-state index contributed by atoms with van der Waals surface area (Å²) in [5.41, 5.74) is 0. The lowest BCUT2D eigenvalue weighted by atomic mass is 10.3. The minimum Gasteiger partial charge on any atom is -0.429 e. The van der Waals surface area contributed by atoms with E-state index in [4.69, 9.17) is 10.0 Å². The molecule has 0 bridgehead atoms. The Morgan fingerprint density at radius 1 is 1.31 bits per heavy atom. The van der Waals surface area contributed by atoms with Crippen molar-refractivity contribution >= 4 is 19.4 Å². The fraction of sp³-hybridized carbons (Fsp3) is 0.143. The topological polar surface area (TPSA) is 40.5 Å². The van der Waals surface area contributed by atoms with Crippen molar-refractivity contribution in [3.8, 4) is 0 Å². The summed E-state index contributed by atoms with van der Waals surface area (Å²) in [4.78, 5) is 0.474. The summed E-state index contributed by atoms with van der Waals surface area (Å²) in [7, 11) is 0. The predicted molar refractivity (Wildman–Crippen MR) is 48.3 cm³/mol. The Morgan fingerprint density at radius 2 is 1.85 bits per heavy atom. The molecule has 0 fully saturated rings. The summed E-state index contributed by atoms with van der Waals surface area (Å²) in [6.07, 6.45) is 1.75. The first-order valence-corrected chi connectivity index (χ1v) is 4.47. The molecular formula is C7H8BF2O2S. The summed E-state index contributed by atoms with van der Waals surface area (Å²) in [5.74, 6) is -1.03. The van der Waals surface area contributed by atoms with E-state index in [1.54, 1.807) is 6.26 Å². The summed E-state index contributed by atoms with van der Waals surface area (Å²) < 4.78 is 24.8. The van der Waals surface area contributed by atoms with Crippen molar-refractivity contribution in [2.24, 2.45) is 0 Å². The molecule has 2 nitrogen and oxygen atoms in total. The Hall–Kier alpha value is -0.585. The lowest BCUT2D eigenvalue weighted by Crippen LogP contribution is -1.81. The van der Waals surface area contributed by atoms with Crippen LogP contribution in [0, 0.1) is 11.6 Å². The number of hydrogen-bond donors (Lipinski definition) is 2. The van der Waals surface area contributed by atoms with Gasteiger partial charge in [0, 0.05) is 11.0 Å². The molecule has 0 atom stereocenters. The summed E-state index contributed by atoms with van der Waals surface area (Å²) in [5, 5.41) is 14.0. The van der Waals surface area contributed by atoms with Crippen molar-refractivity contribution in [1.82, 2.24) is 0 Å². The van der Waals surface area contributed by atoms with Gasteiger partial charge in [0.1, 0.15) is 11.6 Å². The molecule has 0 aliphatic rings. The van der Waals surface area contributed by atoms with Gasteiger partial charge < -0.3 is 10.0 Å². The number of thioether (sulfide) groups is 1. The first-order chi connectivity index (χ1) is 6.15. The van der Waals surface area contributed by atoms with Gasteiger partial charge in [-0.05, 0) is 18.4 Å². The molecule has 1 rings (SSSR count). The molecule has 0 saturated carbocycles. The van der Waals surface area contributed by atoms with E-state index in [0.717, 1.165) is 6.07 Å². The van der Waals surface area contributed by atoms with E-state index in [1.807, 2.05) is 0 Å². The zero-order chi connectivity index (χ0) is 10.3. The summed E-state index contributed by atoms with van der Waals surface area (Å²) in [6.45, 7) is 0. The fourth-order valence-electron chi connectivity index (χ4n) is 0.641. The molecule has 2 N–H and O–H groups in total. The van der Waals surface area contributed by atoms with Crippen molar-refractivity contribution < 1.29 is 18.8 Å². The van der Waals surface area contributed by atoms with Crippen LogP contribution in [0.25, 0.3) is 0 Å². The molecule has 6 heteroatoms. The first kappa shape index (κ1) is 12.4. The molecule has 0 heterocycles. The third-order valence-corrected chi connectivity index (χ3v) is 1.88. The lowest BCUT2D eigenvalue weighted by molar-refractivity contribution is 0.448. The monoisotopic (exact) mass is 205 g/mol. The van der Waals surface area contributed by atoms with E-state index in [0.29, 0.717) is 4.90 Å². The van der Waals surface area contributed by atoms with Crippen LogP contribution >= 0.6 is 11.8 Å². The zero-order valence-electron chi connectivity index (χ0n) is 6.87. The average Bonchev–Trinajstić information content (AvgIpc) is 2.06. The average molecular weight is 205 g/mol. The Kier molecular flexibility index (Phi) is 6.57. The highest BCUT2D eigenvalue weighted by atomic mass is 32.2. The van der Waals surface area contributed by atoms with Gasteiger partial charge in [-0.1, -0.05) is 0 Å². The SMILES string of the molecule is CSc1ccc(F)cc1F.O[B]O. The van der Waals surface area contributed by atoms with Gasteiger partial charge in [0.2, 0.25) is 0 Å². The second-order valence-corrected chi connectivity index (χ2v) is 2.74. The first-order valence-electron chi connectivity index (χ1n) is 3.24. The quantitative estimate of drug-likeness (QED) is 0.534. The molecule has 1 aromatic rings. The third-order valence-electron chi connectivity index (χ3n) is 1.11. The smallest absolute Gasteiger partial charge is 0.429 e. The highest BCUT2D eigenvalue weighted by molar-refractivity contribution is 7.98. The van der Waals surface area contributed by atoms with E-state index in [1.165, 1.54) is 23.9 Å². The normalized spacial score (nSPS) is 8.69. The van der Waals surface area contributed by atoms with Crippen LogP contribution in [-0.4, -0.2) is 24.0 Å². The van der Waals surface area contributed by atoms with Gasteiger partial charge in [-0.2, -0.15) is 0 Å². The summed E-state index contributed by atoms with van der Waals surface area (Å²) >= 11 is 1.26. The maximum Gasteiger partial charge on any atom is 0.482 e. The second kappa shape index (κ2) is 6.88. The molecule has 0 amide bonds. The number of benzene rings is 1. The van der Waals surface area contributed by atoms with Crippen LogP contribution in [0.1, 0.15) is 0 Å². The van der Waals surface area contributed by atoms with Crippen LogP contribution in [0.2, 0.25) is 0 Å². The van der Waals surface area contributed by atoms with Crippen LogP contribution in [0.3, 0.4) is 0 Å². The molecule has 0 aliphatic carbocycles. The van der Waals surface area contributed by atoms with E-state index in [-0.39, 0.29) is 7.69 Å². The number of halogens is 2. The van der Waals surface area contributed by atoms with Crippen LogP contribution < -0.4 is 0 Å². The molecular weight excluding hydrogens is 197 g/mol. The highest BCUT2D eigenvalue weighted by Gasteiger charge is 2.00. The molecule has 0 spiro atoms. The van der Waals surface area contributed by atoms with Crippen molar-refractivity contribution in [3.63, 3.8) is 0 Å². The Bertz CT molecular complexity index is 260. The molecule has 0 saturated heterocycles. The van der Waals surface area contributed by atoms with Gasteiger partial charge in [0.05, 0.1) is 0 Å². The predicted octanol–water partition coefficient (Wildman–Crippen LogP) is 1.19. The van der Waals surface area contributed by atoms with Crippen molar-refractivity contribution in [2.75, 3.05) is 6.26 Å². The maximum atomic E-state index is 12.6. The van der Waals surface area contributed by atoms with Crippen LogP contribution in [-0.2, 0) is 0 Å². The largest absolute Gasteiger partial charge is 0.482 e. The van der Waals surface area contributed by atoms with E-state index in [9.17, 15) is 8.78 Å².